The lowest BCUT2D eigenvalue weighted by Crippen LogP contribution is -1.91. The third-order valence-corrected chi connectivity index (χ3v) is 2.49. The second-order valence-corrected chi connectivity index (χ2v) is 4.00. The Bertz CT molecular complexity index is 408. The molecule has 3 heteroatoms. The molecular weight excluding hydrogens is 216 g/mol. The van der Waals surface area contributed by atoms with E-state index in [9.17, 15) is 9.90 Å². The number of hydrogen-bond acceptors (Lipinski definition) is 3. The Morgan fingerprint density at radius 1 is 1.24 bits per heavy atom. The smallest absolute Gasteiger partial charge is 0.157 e. The van der Waals surface area contributed by atoms with E-state index >= 15 is 0 Å². The van der Waals surface area contributed by atoms with Gasteiger partial charge in [0.25, 0.3) is 0 Å². The molecule has 17 heavy (non-hydrogen) atoms. The molecule has 0 aliphatic rings. The Morgan fingerprint density at radius 2 is 2.00 bits per heavy atom. The van der Waals surface area contributed by atoms with Crippen LogP contribution in [0.1, 0.15) is 38.2 Å². The van der Waals surface area contributed by atoms with Gasteiger partial charge in [0.2, 0.25) is 0 Å². The van der Waals surface area contributed by atoms with Crippen LogP contribution in [0.5, 0.6) is 11.5 Å². The number of aromatic hydroxyl groups is 2. The number of ketones is 1. The lowest BCUT2D eigenvalue weighted by molar-refractivity contribution is -0.114. The fourth-order valence-electron chi connectivity index (χ4n) is 1.47. The van der Waals surface area contributed by atoms with Crippen molar-refractivity contribution in [1.82, 2.24) is 0 Å². The molecule has 0 atom stereocenters. The van der Waals surface area contributed by atoms with Crippen molar-refractivity contribution in [2.45, 2.75) is 32.6 Å². The highest BCUT2D eigenvalue weighted by Gasteiger charge is 1.99. The van der Waals surface area contributed by atoms with Crippen LogP contribution in [0.15, 0.2) is 24.3 Å². The van der Waals surface area contributed by atoms with E-state index in [2.05, 4.69) is 6.92 Å². The molecular formula is C14H18O3. The average molecular weight is 234 g/mol. The number of unbranched alkanes of at least 4 members (excludes halogenated alkanes) is 2. The van der Waals surface area contributed by atoms with Gasteiger partial charge in [-0.2, -0.15) is 0 Å². The molecule has 0 aliphatic heterocycles. The highest BCUT2D eigenvalue weighted by molar-refractivity contribution is 5.93. The molecule has 0 aliphatic carbocycles. The third-order valence-electron chi connectivity index (χ3n) is 2.49. The van der Waals surface area contributed by atoms with E-state index in [1.54, 1.807) is 12.1 Å². The molecule has 0 radical (unpaired) electrons. The number of hydrogen-bond donors (Lipinski definition) is 2. The highest BCUT2D eigenvalue weighted by Crippen LogP contribution is 2.25. The lowest BCUT2D eigenvalue weighted by Gasteiger charge is -1.98. The zero-order valence-electron chi connectivity index (χ0n) is 10.0. The molecule has 0 unspecified atom stereocenters. The van der Waals surface area contributed by atoms with E-state index in [1.807, 2.05) is 0 Å². The van der Waals surface area contributed by atoms with E-state index in [-0.39, 0.29) is 17.3 Å². The van der Waals surface area contributed by atoms with Crippen LogP contribution >= 0.6 is 0 Å². The van der Waals surface area contributed by atoms with Crippen LogP contribution in [0.3, 0.4) is 0 Å². The van der Waals surface area contributed by atoms with Crippen molar-refractivity contribution in [2.75, 3.05) is 0 Å². The first-order chi connectivity index (χ1) is 8.13. The summed E-state index contributed by atoms with van der Waals surface area (Å²) in [4.78, 5) is 11.4. The minimum absolute atomic E-state index is 0.0889. The van der Waals surface area contributed by atoms with E-state index in [4.69, 9.17) is 5.11 Å². The van der Waals surface area contributed by atoms with Gasteiger partial charge in [0.15, 0.2) is 17.3 Å². The molecule has 0 saturated carbocycles. The molecule has 3 nitrogen and oxygen atoms in total. The van der Waals surface area contributed by atoms with Crippen LogP contribution in [0, 0.1) is 0 Å². The molecule has 1 rings (SSSR count). The number of allylic oxidation sites excluding steroid dienone is 1. The summed E-state index contributed by atoms with van der Waals surface area (Å²) in [5, 5.41) is 18.4. The summed E-state index contributed by atoms with van der Waals surface area (Å²) in [5.74, 6) is -0.243. The molecule has 0 saturated heterocycles. The van der Waals surface area contributed by atoms with Crippen molar-refractivity contribution < 1.29 is 15.0 Å². The first kappa shape index (κ1) is 13.3. The first-order valence-electron chi connectivity index (χ1n) is 5.86. The summed E-state index contributed by atoms with van der Waals surface area (Å²) < 4.78 is 0. The number of carbonyl (C=O) groups excluding carboxylic acids is 1. The van der Waals surface area contributed by atoms with Crippen LogP contribution in [0.25, 0.3) is 6.08 Å². The second-order valence-electron chi connectivity index (χ2n) is 4.00. The maximum absolute atomic E-state index is 11.4. The molecule has 1 aromatic rings. The van der Waals surface area contributed by atoms with Crippen molar-refractivity contribution in [3.05, 3.63) is 29.8 Å². The Morgan fingerprint density at radius 3 is 2.65 bits per heavy atom. The van der Waals surface area contributed by atoms with Crippen LogP contribution in [-0.2, 0) is 4.79 Å². The zero-order chi connectivity index (χ0) is 12.7. The van der Waals surface area contributed by atoms with Gasteiger partial charge in [-0.05, 0) is 30.2 Å². The first-order valence-corrected chi connectivity index (χ1v) is 5.86. The fourth-order valence-corrected chi connectivity index (χ4v) is 1.47. The monoisotopic (exact) mass is 234 g/mol. The molecule has 0 aromatic heterocycles. The Hall–Kier alpha value is -1.77. The minimum atomic E-state index is -0.175. The summed E-state index contributed by atoms with van der Waals surface area (Å²) >= 11 is 0. The van der Waals surface area contributed by atoms with Crippen molar-refractivity contribution >= 4 is 11.9 Å². The van der Waals surface area contributed by atoms with Gasteiger partial charge in [-0.3, -0.25) is 4.79 Å². The molecule has 1 aromatic carbocycles. The lowest BCUT2D eigenvalue weighted by atomic mass is 10.1. The molecule has 0 heterocycles. The van der Waals surface area contributed by atoms with Gasteiger partial charge in [0.1, 0.15) is 0 Å². The summed E-state index contributed by atoms with van der Waals surface area (Å²) in [5.41, 5.74) is 0.698. The van der Waals surface area contributed by atoms with Crippen molar-refractivity contribution in [1.29, 1.82) is 0 Å². The highest BCUT2D eigenvalue weighted by atomic mass is 16.3. The molecule has 92 valence electrons. The zero-order valence-corrected chi connectivity index (χ0v) is 10.0. The summed E-state index contributed by atoms with van der Waals surface area (Å²) in [6.45, 7) is 2.10. The maximum Gasteiger partial charge on any atom is 0.157 e. The van der Waals surface area contributed by atoms with Crippen LogP contribution in [0.2, 0.25) is 0 Å². The van der Waals surface area contributed by atoms with E-state index in [0.29, 0.717) is 12.0 Å². The van der Waals surface area contributed by atoms with Gasteiger partial charge >= 0.3 is 0 Å². The van der Waals surface area contributed by atoms with E-state index in [0.717, 1.165) is 19.3 Å². The number of carbonyl (C=O) groups is 1. The van der Waals surface area contributed by atoms with Gasteiger partial charge in [0, 0.05) is 6.42 Å². The predicted octanol–water partition coefficient (Wildman–Crippen LogP) is 3.26. The van der Waals surface area contributed by atoms with Gasteiger partial charge in [-0.1, -0.05) is 31.9 Å². The van der Waals surface area contributed by atoms with Crippen LogP contribution < -0.4 is 0 Å². The van der Waals surface area contributed by atoms with Crippen molar-refractivity contribution in [3.63, 3.8) is 0 Å². The Kier molecular flexibility index (Phi) is 5.27. The number of phenolic OH excluding ortho intramolecular Hbond substituents is 2. The Balaban J connectivity index is 2.52. The number of rotatable bonds is 6. The minimum Gasteiger partial charge on any atom is -0.504 e. The van der Waals surface area contributed by atoms with E-state index < -0.39 is 0 Å². The number of phenols is 2. The molecule has 0 bridgehead atoms. The largest absolute Gasteiger partial charge is 0.504 e. The summed E-state index contributed by atoms with van der Waals surface area (Å²) in [6, 6.07) is 4.46. The maximum atomic E-state index is 11.4. The fraction of sp³-hybridized carbons (Fsp3) is 0.357. The van der Waals surface area contributed by atoms with Crippen LogP contribution in [-0.4, -0.2) is 16.0 Å². The Labute approximate surface area is 101 Å². The summed E-state index contributed by atoms with van der Waals surface area (Å²) in [6.07, 6.45) is 6.81. The molecule has 0 spiro atoms. The molecule has 0 fully saturated rings. The van der Waals surface area contributed by atoms with Crippen LogP contribution in [0.4, 0.5) is 0 Å². The quantitative estimate of drug-likeness (QED) is 0.451. The summed E-state index contributed by atoms with van der Waals surface area (Å²) in [7, 11) is 0. The predicted molar refractivity (Wildman–Crippen MR) is 68.0 cm³/mol. The van der Waals surface area contributed by atoms with Gasteiger partial charge in [-0.25, -0.2) is 0 Å². The topological polar surface area (TPSA) is 57.5 Å². The molecule has 2 N–H and O–H groups in total. The average Bonchev–Trinajstić information content (AvgIpc) is 2.31. The van der Waals surface area contributed by atoms with Gasteiger partial charge < -0.3 is 10.2 Å². The normalized spacial score (nSPS) is 10.9. The molecule has 0 amide bonds. The van der Waals surface area contributed by atoms with Gasteiger partial charge in [0.05, 0.1) is 0 Å². The standard InChI is InChI=1S/C14H18O3/c1-2-3-4-5-12(15)8-6-11-7-9-13(16)14(17)10-11/h6-10,16-17H,2-5H2,1H3/b8-6+. The van der Waals surface area contributed by atoms with E-state index in [1.165, 1.54) is 18.2 Å². The SMILES string of the molecule is CCCCCC(=O)/C=C/c1ccc(O)c(O)c1. The van der Waals surface area contributed by atoms with Crippen molar-refractivity contribution in [3.8, 4) is 11.5 Å². The number of benzene rings is 1. The second kappa shape index (κ2) is 6.74. The van der Waals surface area contributed by atoms with Gasteiger partial charge in [-0.15, -0.1) is 0 Å². The van der Waals surface area contributed by atoms with Crippen molar-refractivity contribution in [2.24, 2.45) is 0 Å². The third kappa shape index (κ3) is 4.72.